The Kier molecular flexibility index (Phi) is 3.49. The maximum absolute atomic E-state index is 5.58. The Labute approximate surface area is 95.8 Å². The quantitative estimate of drug-likeness (QED) is 0.840. The molecule has 0 saturated heterocycles. The molecule has 0 bridgehead atoms. The SMILES string of the molecule is C/C=C(/SC1CC1)c1ccc(CN)cc1. The zero-order chi connectivity index (χ0) is 10.7. The molecule has 0 radical (unpaired) electrons. The minimum absolute atomic E-state index is 0.626. The summed E-state index contributed by atoms with van der Waals surface area (Å²) in [5.41, 5.74) is 8.10. The molecule has 1 aliphatic carbocycles. The number of rotatable bonds is 4. The van der Waals surface area contributed by atoms with Crippen LogP contribution in [-0.2, 0) is 6.54 Å². The molecule has 0 aliphatic heterocycles. The van der Waals surface area contributed by atoms with Crippen LogP contribution in [0.1, 0.15) is 30.9 Å². The van der Waals surface area contributed by atoms with Crippen molar-refractivity contribution in [1.29, 1.82) is 0 Å². The zero-order valence-electron chi connectivity index (χ0n) is 9.07. The van der Waals surface area contributed by atoms with E-state index in [4.69, 9.17) is 5.73 Å². The van der Waals surface area contributed by atoms with Gasteiger partial charge in [0.1, 0.15) is 0 Å². The molecule has 2 rings (SSSR count). The van der Waals surface area contributed by atoms with Crippen molar-refractivity contribution in [2.24, 2.45) is 5.73 Å². The second kappa shape index (κ2) is 4.86. The minimum Gasteiger partial charge on any atom is -0.326 e. The maximum Gasteiger partial charge on any atom is 0.0178 e. The Hall–Kier alpha value is -0.730. The monoisotopic (exact) mass is 219 g/mol. The van der Waals surface area contributed by atoms with Gasteiger partial charge < -0.3 is 5.73 Å². The normalized spacial score (nSPS) is 16.8. The summed E-state index contributed by atoms with van der Waals surface area (Å²) in [7, 11) is 0. The lowest BCUT2D eigenvalue weighted by molar-refractivity contribution is 1.07. The van der Waals surface area contributed by atoms with Crippen LogP contribution in [0.2, 0.25) is 0 Å². The lowest BCUT2D eigenvalue weighted by Crippen LogP contribution is -1.95. The summed E-state index contributed by atoms with van der Waals surface area (Å²) >= 11 is 2.01. The number of hydrogen-bond donors (Lipinski definition) is 1. The Morgan fingerprint density at radius 2 is 2.07 bits per heavy atom. The molecule has 1 aromatic rings. The summed E-state index contributed by atoms with van der Waals surface area (Å²) in [4.78, 5) is 1.40. The van der Waals surface area contributed by atoms with E-state index in [1.54, 1.807) is 0 Å². The summed E-state index contributed by atoms with van der Waals surface area (Å²) in [6, 6.07) is 8.58. The van der Waals surface area contributed by atoms with Gasteiger partial charge in [-0.25, -0.2) is 0 Å². The van der Waals surface area contributed by atoms with Gasteiger partial charge in [-0.3, -0.25) is 0 Å². The van der Waals surface area contributed by atoms with Gasteiger partial charge in [0.05, 0.1) is 0 Å². The first-order valence-corrected chi connectivity index (χ1v) is 6.34. The summed E-state index contributed by atoms with van der Waals surface area (Å²) in [6.07, 6.45) is 4.96. The van der Waals surface area contributed by atoms with E-state index in [2.05, 4.69) is 37.3 Å². The van der Waals surface area contributed by atoms with E-state index >= 15 is 0 Å². The van der Waals surface area contributed by atoms with Gasteiger partial charge in [-0.05, 0) is 30.9 Å². The lowest BCUT2D eigenvalue weighted by Gasteiger charge is -2.06. The van der Waals surface area contributed by atoms with E-state index in [1.165, 1.54) is 28.9 Å². The van der Waals surface area contributed by atoms with Gasteiger partial charge >= 0.3 is 0 Å². The molecule has 1 aromatic carbocycles. The molecule has 0 unspecified atom stereocenters. The summed E-state index contributed by atoms with van der Waals surface area (Å²) < 4.78 is 0. The molecule has 80 valence electrons. The molecular weight excluding hydrogens is 202 g/mol. The van der Waals surface area contributed by atoms with Crippen molar-refractivity contribution in [3.8, 4) is 0 Å². The van der Waals surface area contributed by atoms with Crippen LogP contribution in [0.5, 0.6) is 0 Å². The molecule has 1 saturated carbocycles. The average molecular weight is 219 g/mol. The van der Waals surface area contributed by atoms with Crippen LogP contribution in [0.15, 0.2) is 30.3 Å². The van der Waals surface area contributed by atoms with Crippen molar-refractivity contribution >= 4 is 16.7 Å². The van der Waals surface area contributed by atoms with Gasteiger partial charge in [0.15, 0.2) is 0 Å². The van der Waals surface area contributed by atoms with E-state index in [1.807, 2.05) is 11.8 Å². The minimum atomic E-state index is 0.626. The average Bonchev–Trinajstić information content (AvgIpc) is 3.10. The molecule has 1 aliphatic rings. The molecule has 0 aromatic heterocycles. The molecule has 0 atom stereocenters. The molecule has 2 heteroatoms. The largest absolute Gasteiger partial charge is 0.326 e. The predicted molar refractivity (Wildman–Crippen MR) is 68.6 cm³/mol. The first-order chi connectivity index (χ1) is 7.33. The van der Waals surface area contributed by atoms with Crippen LogP contribution in [0.25, 0.3) is 4.91 Å². The number of allylic oxidation sites excluding steroid dienone is 1. The van der Waals surface area contributed by atoms with Crippen LogP contribution >= 0.6 is 11.8 Å². The maximum atomic E-state index is 5.58. The third-order valence-corrected chi connectivity index (χ3v) is 4.08. The van der Waals surface area contributed by atoms with Gasteiger partial charge in [0.25, 0.3) is 0 Å². The number of thioether (sulfide) groups is 1. The fourth-order valence-electron chi connectivity index (χ4n) is 1.47. The Bertz CT molecular complexity index is 349. The molecule has 2 N–H and O–H groups in total. The number of nitrogens with two attached hydrogens (primary N) is 1. The zero-order valence-corrected chi connectivity index (χ0v) is 9.89. The smallest absolute Gasteiger partial charge is 0.0178 e. The van der Waals surface area contributed by atoms with E-state index in [0.29, 0.717) is 6.54 Å². The second-order valence-electron chi connectivity index (χ2n) is 3.87. The van der Waals surface area contributed by atoms with Crippen LogP contribution in [-0.4, -0.2) is 5.25 Å². The van der Waals surface area contributed by atoms with Crippen molar-refractivity contribution in [1.82, 2.24) is 0 Å². The first-order valence-electron chi connectivity index (χ1n) is 5.46. The Morgan fingerprint density at radius 3 is 2.53 bits per heavy atom. The predicted octanol–water partition coefficient (Wildman–Crippen LogP) is 3.40. The Balaban J connectivity index is 2.11. The molecule has 1 nitrogen and oxygen atoms in total. The molecule has 15 heavy (non-hydrogen) atoms. The van der Waals surface area contributed by atoms with Crippen molar-refractivity contribution in [3.05, 3.63) is 41.5 Å². The van der Waals surface area contributed by atoms with Crippen LogP contribution in [0.3, 0.4) is 0 Å². The molecule has 1 fully saturated rings. The van der Waals surface area contributed by atoms with Crippen LogP contribution in [0.4, 0.5) is 0 Å². The highest BCUT2D eigenvalue weighted by atomic mass is 32.2. The summed E-state index contributed by atoms with van der Waals surface area (Å²) in [5, 5.41) is 0.866. The van der Waals surface area contributed by atoms with E-state index in [0.717, 1.165) is 5.25 Å². The van der Waals surface area contributed by atoms with E-state index in [9.17, 15) is 0 Å². The molecule has 0 heterocycles. The lowest BCUT2D eigenvalue weighted by atomic mass is 10.1. The van der Waals surface area contributed by atoms with E-state index in [-0.39, 0.29) is 0 Å². The molecule has 0 spiro atoms. The fourth-order valence-corrected chi connectivity index (χ4v) is 2.61. The highest BCUT2D eigenvalue weighted by Crippen LogP contribution is 2.42. The first kappa shape index (κ1) is 10.8. The molecule has 0 amide bonds. The highest BCUT2D eigenvalue weighted by molar-refractivity contribution is 8.09. The fraction of sp³-hybridized carbons (Fsp3) is 0.385. The van der Waals surface area contributed by atoms with Crippen molar-refractivity contribution in [3.63, 3.8) is 0 Å². The van der Waals surface area contributed by atoms with Crippen molar-refractivity contribution in [2.45, 2.75) is 31.6 Å². The second-order valence-corrected chi connectivity index (χ2v) is 5.21. The van der Waals surface area contributed by atoms with E-state index < -0.39 is 0 Å². The van der Waals surface area contributed by atoms with Gasteiger partial charge in [0.2, 0.25) is 0 Å². The topological polar surface area (TPSA) is 26.0 Å². The van der Waals surface area contributed by atoms with Crippen LogP contribution < -0.4 is 5.73 Å². The van der Waals surface area contributed by atoms with Gasteiger partial charge in [-0.15, -0.1) is 11.8 Å². The third-order valence-electron chi connectivity index (χ3n) is 2.55. The van der Waals surface area contributed by atoms with Crippen molar-refractivity contribution < 1.29 is 0 Å². The Morgan fingerprint density at radius 1 is 1.40 bits per heavy atom. The van der Waals surface area contributed by atoms with Crippen LogP contribution in [0, 0.1) is 0 Å². The highest BCUT2D eigenvalue weighted by Gasteiger charge is 2.23. The number of hydrogen-bond acceptors (Lipinski definition) is 2. The number of benzene rings is 1. The molecular formula is C13H17NS. The standard InChI is InChI=1S/C13H17NS/c1-2-13(15-12-7-8-12)11-5-3-10(9-14)4-6-11/h2-6,12H,7-9,14H2,1H3/b13-2+. The summed E-state index contributed by atoms with van der Waals surface area (Å²) in [6.45, 7) is 2.74. The van der Waals surface area contributed by atoms with Gasteiger partial charge in [0, 0.05) is 16.7 Å². The summed E-state index contributed by atoms with van der Waals surface area (Å²) in [5.74, 6) is 0. The third kappa shape index (κ3) is 2.86. The van der Waals surface area contributed by atoms with Crippen molar-refractivity contribution in [2.75, 3.05) is 0 Å². The van der Waals surface area contributed by atoms with Gasteiger partial charge in [-0.1, -0.05) is 30.3 Å². The van der Waals surface area contributed by atoms with Gasteiger partial charge in [-0.2, -0.15) is 0 Å².